The summed E-state index contributed by atoms with van der Waals surface area (Å²) in [4.78, 5) is 10.5. The van der Waals surface area contributed by atoms with Crippen molar-refractivity contribution in [2.45, 2.75) is 19.3 Å². The normalized spacial score (nSPS) is 11.9. The minimum atomic E-state index is 0.105. The molecule has 0 aliphatic rings. The Bertz CT molecular complexity index is 311. The molecular formula is C12H16O3. The lowest BCUT2D eigenvalue weighted by atomic mass is 9.96. The van der Waals surface area contributed by atoms with Crippen LogP contribution in [0.2, 0.25) is 0 Å². The number of benzene rings is 1. The first-order valence-electron chi connectivity index (χ1n) is 4.89. The first-order valence-corrected chi connectivity index (χ1v) is 4.89. The van der Waals surface area contributed by atoms with Crippen molar-refractivity contribution in [3.8, 4) is 11.5 Å². The van der Waals surface area contributed by atoms with Gasteiger partial charge in [0.2, 0.25) is 0 Å². The van der Waals surface area contributed by atoms with E-state index in [2.05, 4.69) is 0 Å². The summed E-state index contributed by atoms with van der Waals surface area (Å²) in [6.07, 6.45) is 1.38. The van der Waals surface area contributed by atoms with Crippen LogP contribution < -0.4 is 9.47 Å². The van der Waals surface area contributed by atoms with E-state index in [-0.39, 0.29) is 5.92 Å². The fourth-order valence-electron chi connectivity index (χ4n) is 1.63. The molecule has 0 saturated carbocycles. The van der Waals surface area contributed by atoms with Crippen molar-refractivity contribution < 1.29 is 14.3 Å². The molecule has 0 saturated heterocycles. The molecule has 0 radical (unpaired) electrons. The maximum atomic E-state index is 10.5. The monoisotopic (exact) mass is 208 g/mol. The van der Waals surface area contributed by atoms with E-state index in [1.807, 2.05) is 25.1 Å². The Labute approximate surface area is 90.0 Å². The summed E-state index contributed by atoms with van der Waals surface area (Å²) in [6, 6.07) is 5.62. The molecule has 1 unspecified atom stereocenters. The van der Waals surface area contributed by atoms with Crippen molar-refractivity contribution >= 4 is 6.29 Å². The molecule has 0 bridgehead atoms. The summed E-state index contributed by atoms with van der Waals surface area (Å²) in [5.41, 5.74) is 0.953. The fraction of sp³-hybridized carbons (Fsp3) is 0.417. The van der Waals surface area contributed by atoms with Crippen molar-refractivity contribution in [1.29, 1.82) is 0 Å². The molecule has 0 N–H and O–H groups in total. The van der Waals surface area contributed by atoms with Crippen molar-refractivity contribution in [2.24, 2.45) is 0 Å². The summed E-state index contributed by atoms with van der Waals surface area (Å²) in [5.74, 6) is 1.64. The maximum absolute atomic E-state index is 10.5. The first-order chi connectivity index (χ1) is 7.24. The van der Waals surface area contributed by atoms with E-state index in [0.29, 0.717) is 6.42 Å². The SMILES string of the molecule is COc1cccc(OC)c1C(C)CC=O. The minimum Gasteiger partial charge on any atom is -0.496 e. The van der Waals surface area contributed by atoms with E-state index in [1.54, 1.807) is 14.2 Å². The van der Waals surface area contributed by atoms with Gasteiger partial charge in [0.1, 0.15) is 17.8 Å². The van der Waals surface area contributed by atoms with Crippen LogP contribution in [0.3, 0.4) is 0 Å². The zero-order chi connectivity index (χ0) is 11.3. The van der Waals surface area contributed by atoms with Gasteiger partial charge in [0, 0.05) is 12.0 Å². The number of ether oxygens (including phenoxy) is 2. The van der Waals surface area contributed by atoms with E-state index in [4.69, 9.17) is 9.47 Å². The largest absolute Gasteiger partial charge is 0.496 e. The van der Waals surface area contributed by atoms with Crippen LogP contribution in [0.4, 0.5) is 0 Å². The second-order valence-electron chi connectivity index (χ2n) is 3.38. The van der Waals surface area contributed by atoms with Gasteiger partial charge < -0.3 is 14.3 Å². The van der Waals surface area contributed by atoms with Crippen molar-refractivity contribution in [2.75, 3.05) is 14.2 Å². The van der Waals surface area contributed by atoms with Crippen LogP contribution in [0.25, 0.3) is 0 Å². The van der Waals surface area contributed by atoms with Crippen LogP contribution in [-0.2, 0) is 4.79 Å². The highest BCUT2D eigenvalue weighted by Crippen LogP contribution is 2.35. The lowest BCUT2D eigenvalue weighted by molar-refractivity contribution is -0.108. The number of carbonyl (C=O) groups is 1. The Hall–Kier alpha value is -1.51. The smallest absolute Gasteiger partial charge is 0.126 e. The Kier molecular flexibility index (Phi) is 4.16. The van der Waals surface area contributed by atoms with E-state index in [0.717, 1.165) is 23.3 Å². The molecule has 1 atom stereocenters. The predicted molar refractivity (Wildman–Crippen MR) is 58.6 cm³/mol. The van der Waals surface area contributed by atoms with Crippen molar-refractivity contribution in [1.82, 2.24) is 0 Å². The molecular weight excluding hydrogens is 192 g/mol. The molecule has 1 aromatic rings. The van der Waals surface area contributed by atoms with Gasteiger partial charge in [-0.3, -0.25) is 0 Å². The molecule has 82 valence electrons. The van der Waals surface area contributed by atoms with E-state index < -0.39 is 0 Å². The lowest BCUT2D eigenvalue weighted by Gasteiger charge is -2.16. The fourth-order valence-corrected chi connectivity index (χ4v) is 1.63. The Morgan fingerprint density at radius 2 is 1.80 bits per heavy atom. The van der Waals surface area contributed by atoms with Gasteiger partial charge in [-0.1, -0.05) is 13.0 Å². The zero-order valence-electron chi connectivity index (χ0n) is 9.32. The van der Waals surface area contributed by atoms with Gasteiger partial charge in [0.05, 0.1) is 14.2 Å². The summed E-state index contributed by atoms with van der Waals surface area (Å²) in [6.45, 7) is 1.98. The van der Waals surface area contributed by atoms with Gasteiger partial charge in [-0.2, -0.15) is 0 Å². The summed E-state index contributed by atoms with van der Waals surface area (Å²) < 4.78 is 10.5. The van der Waals surface area contributed by atoms with Gasteiger partial charge in [-0.05, 0) is 18.1 Å². The number of rotatable bonds is 5. The maximum Gasteiger partial charge on any atom is 0.126 e. The Balaban J connectivity index is 3.14. The van der Waals surface area contributed by atoms with Crippen LogP contribution in [0.1, 0.15) is 24.8 Å². The van der Waals surface area contributed by atoms with Gasteiger partial charge in [-0.25, -0.2) is 0 Å². The molecule has 0 aliphatic heterocycles. The standard InChI is InChI=1S/C12H16O3/c1-9(7-8-13)12-10(14-2)5-4-6-11(12)15-3/h4-6,8-9H,7H2,1-3H3. The topological polar surface area (TPSA) is 35.5 Å². The predicted octanol–water partition coefficient (Wildman–Crippen LogP) is 2.40. The number of methoxy groups -OCH3 is 2. The molecule has 1 rings (SSSR count). The second kappa shape index (κ2) is 5.39. The highest BCUT2D eigenvalue weighted by Gasteiger charge is 2.16. The van der Waals surface area contributed by atoms with Crippen LogP contribution in [0.15, 0.2) is 18.2 Å². The number of hydrogen-bond donors (Lipinski definition) is 0. The van der Waals surface area contributed by atoms with E-state index in [1.165, 1.54) is 0 Å². The van der Waals surface area contributed by atoms with E-state index in [9.17, 15) is 4.79 Å². The molecule has 15 heavy (non-hydrogen) atoms. The van der Waals surface area contributed by atoms with Crippen molar-refractivity contribution in [3.05, 3.63) is 23.8 Å². The number of aldehydes is 1. The highest BCUT2D eigenvalue weighted by molar-refractivity contribution is 5.55. The molecule has 0 fully saturated rings. The Morgan fingerprint density at radius 3 is 2.20 bits per heavy atom. The minimum absolute atomic E-state index is 0.105. The lowest BCUT2D eigenvalue weighted by Crippen LogP contribution is -2.01. The van der Waals surface area contributed by atoms with Crippen molar-refractivity contribution in [3.63, 3.8) is 0 Å². The van der Waals surface area contributed by atoms with Gasteiger partial charge >= 0.3 is 0 Å². The molecule has 1 aromatic carbocycles. The molecule has 0 amide bonds. The molecule has 3 nitrogen and oxygen atoms in total. The van der Waals surface area contributed by atoms with Gasteiger partial charge in [0.25, 0.3) is 0 Å². The summed E-state index contributed by atoms with van der Waals surface area (Å²) in [7, 11) is 3.23. The average Bonchev–Trinajstić information content (AvgIpc) is 2.28. The molecule has 3 heteroatoms. The molecule has 0 heterocycles. The Morgan fingerprint density at radius 1 is 1.27 bits per heavy atom. The second-order valence-corrected chi connectivity index (χ2v) is 3.38. The third-order valence-electron chi connectivity index (χ3n) is 2.41. The van der Waals surface area contributed by atoms with Crippen LogP contribution in [0.5, 0.6) is 11.5 Å². The van der Waals surface area contributed by atoms with E-state index >= 15 is 0 Å². The van der Waals surface area contributed by atoms with Gasteiger partial charge in [-0.15, -0.1) is 0 Å². The average molecular weight is 208 g/mol. The number of carbonyl (C=O) groups excluding carboxylic acids is 1. The highest BCUT2D eigenvalue weighted by atomic mass is 16.5. The zero-order valence-corrected chi connectivity index (χ0v) is 9.32. The van der Waals surface area contributed by atoms with Crippen LogP contribution in [0, 0.1) is 0 Å². The van der Waals surface area contributed by atoms with Gasteiger partial charge in [0.15, 0.2) is 0 Å². The third kappa shape index (κ3) is 2.49. The third-order valence-corrected chi connectivity index (χ3v) is 2.41. The first kappa shape index (κ1) is 11.6. The molecule has 0 spiro atoms. The number of hydrogen-bond acceptors (Lipinski definition) is 3. The molecule has 0 aliphatic carbocycles. The quantitative estimate of drug-likeness (QED) is 0.697. The summed E-state index contributed by atoms with van der Waals surface area (Å²) >= 11 is 0. The summed E-state index contributed by atoms with van der Waals surface area (Å²) in [5, 5.41) is 0. The van der Waals surface area contributed by atoms with Crippen LogP contribution >= 0.6 is 0 Å². The molecule has 0 aromatic heterocycles. The van der Waals surface area contributed by atoms with Crippen LogP contribution in [-0.4, -0.2) is 20.5 Å².